The van der Waals surface area contributed by atoms with E-state index >= 15 is 0 Å². The molecule has 0 fully saturated rings. The number of rotatable bonds is 57. The van der Waals surface area contributed by atoms with Gasteiger partial charge in [-0.15, -0.1) is 0 Å². The van der Waals surface area contributed by atoms with Gasteiger partial charge in [-0.1, -0.05) is 236 Å². The van der Waals surface area contributed by atoms with Crippen LogP contribution in [-0.2, 0) is 42.2 Å². The van der Waals surface area contributed by atoms with E-state index in [1.807, 2.05) is 0 Å². The summed E-state index contributed by atoms with van der Waals surface area (Å²) in [7, 11) is -4.75. The van der Waals surface area contributed by atoms with E-state index in [1.165, 1.54) is 122 Å². The highest BCUT2D eigenvalue weighted by Crippen LogP contribution is 2.43. The third-order valence-electron chi connectivity index (χ3n) is 13.2. The summed E-state index contributed by atoms with van der Waals surface area (Å²) >= 11 is 0. The number of ether oxygens (including phenoxy) is 3. The zero-order valence-electron chi connectivity index (χ0n) is 47.8. The minimum atomic E-state index is -4.75. The average molecular weight is 1070 g/mol. The summed E-state index contributed by atoms with van der Waals surface area (Å²) in [5.41, 5.74) is 0. The molecule has 0 radical (unpaired) electrons. The lowest BCUT2D eigenvalue weighted by atomic mass is 10.0. The Labute approximate surface area is 453 Å². The SMILES string of the molecule is CCCCC/C=C\C/C=C\C/C=C\CCCCCCCCC(=O)OC(COC(=O)CCCCCCCCCCCCCCC)COP(=O)(O)OCC(CO)OC(=O)CCCCCCC/C=C\CCCCCCCC. The van der Waals surface area contributed by atoms with Crippen molar-refractivity contribution in [2.24, 2.45) is 0 Å². The molecule has 0 bridgehead atoms. The van der Waals surface area contributed by atoms with E-state index < -0.39 is 57.8 Å². The lowest BCUT2D eigenvalue weighted by Gasteiger charge is -2.21. The van der Waals surface area contributed by atoms with Gasteiger partial charge < -0.3 is 24.2 Å². The monoisotopic (exact) mass is 1060 g/mol. The molecule has 0 amide bonds. The van der Waals surface area contributed by atoms with Crippen LogP contribution in [0.4, 0.5) is 0 Å². The zero-order chi connectivity index (χ0) is 54.1. The van der Waals surface area contributed by atoms with Crippen molar-refractivity contribution in [1.82, 2.24) is 0 Å². The van der Waals surface area contributed by atoms with Gasteiger partial charge >= 0.3 is 25.7 Å². The molecule has 0 saturated carbocycles. The van der Waals surface area contributed by atoms with Gasteiger partial charge in [0.2, 0.25) is 0 Å². The smallest absolute Gasteiger partial charge is 0.462 e. The van der Waals surface area contributed by atoms with Crippen LogP contribution < -0.4 is 0 Å². The van der Waals surface area contributed by atoms with Gasteiger partial charge in [-0.25, -0.2) is 4.57 Å². The maximum Gasteiger partial charge on any atom is 0.472 e. The highest BCUT2D eigenvalue weighted by atomic mass is 31.2. The first-order valence-corrected chi connectivity index (χ1v) is 32.0. The summed E-state index contributed by atoms with van der Waals surface area (Å²) in [5, 5.41) is 9.82. The van der Waals surface area contributed by atoms with Crippen molar-refractivity contribution < 1.29 is 52.2 Å². The predicted octanol–water partition coefficient (Wildman–Crippen LogP) is 18.1. The Hall–Kier alpha value is -2.56. The molecule has 0 aromatic heterocycles. The van der Waals surface area contributed by atoms with Crippen molar-refractivity contribution in [2.45, 2.75) is 303 Å². The van der Waals surface area contributed by atoms with Crippen LogP contribution in [0, 0.1) is 0 Å². The lowest BCUT2D eigenvalue weighted by Crippen LogP contribution is -2.30. The number of carbonyl (C=O) groups excluding carboxylic acids is 3. The van der Waals surface area contributed by atoms with Gasteiger partial charge in [0, 0.05) is 19.3 Å². The first-order valence-electron chi connectivity index (χ1n) is 30.5. The second kappa shape index (κ2) is 56.6. The Morgan fingerprint density at radius 2 is 0.662 bits per heavy atom. The molecule has 2 N–H and O–H groups in total. The van der Waals surface area contributed by atoms with Crippen LogP contribution in [0.3, 0.4) is 0 Å². The van der Waals surface area contributed by atoms with Gasteiger partial charge in [0.1, 0.15) is 12.7 Å². The molecule has 12 heteroatoms. The number of phosphoric ester groups is 1. The second-order valence-electron chi connectivity index (χ2n) is 20.5. The molecule has 0 spiro atoms. The van der Waals surface area contributed by atoms with Crippen LogP contribution in [0.5, 0.6) is 0 Å². The van der Waals surface area contributed by atoms with Crippen molar-refractivity contribution >= 4 is 25.7 Å². The topological polar surface area (TPSA) is 155 Å². The number of aliphatic hydroxyl groups excluding tert-OH is 1. The van der Waals surface area contributed by atoms with Crippen LogP contribution in [0.25, 0.3) is 0 Å². The number of allylic oxidation sites excluding steroid dienone is 8. The van der Waals surface area contributed by atoms with E-state index in [1.54, 1.807) is 0 Å². The van der Waals surface area contributed by atoms with Crippen molar-refractivity contribution in [1.29, 1.82) is 0 Å². The Balaban J connectivity index is 4.71. The number of carbonyl (C=O) groups is 3. The fourth-order valence-electron chi connectivity index (χ4n) is 8.54. The standard InChI is InChI=1S/C62H113O11P/c1-4-7-10-13-16-19-22-25-27-28-29-30-32-35-38-41-44-47-50-53-62(66)73-59(55-69-60(64)51-48-45-42-39-36-33-24-21-18-15-12-9-6-3)57-71-74(67,68)70-56-58(54-63)72-61(65)52-49-46-43-40-37-34-31-26-23-20-17-14-11-8-5-2/h16,19,25-27,29-31,58-59,63H,4-15,17-18,20-24,28,32-57H2,1-3H3,(H,67,68)/b19-16-,27-25-,30-29-,31-26-. The third-order valence-corrected chi connectivity index (χ3v) is 14.2. The summed E-state index contributed by atoms with van der Waals surface area (Å²) < 4.78 is 39.6. The molecule has 0 saturated heterocycles. The Morgan fingerprint density at radius 3 is 1.05 bits per heavy atom. The molecule has 3 atom stereocenters. The van der Waals surface area contributed by atoms with E-state index in [2.05, 4.69) is 69.4 Å². The van der Waals surface area contributed by atoms with Crippen molar-refractivity contribution in [2.75, 3.05) is 26.4 Å². The Kier molecular flexibility index (Phi) is 54.7. The second-order valence-corrected chi connectivity index (χ2v) is 22.0. The van der Waals surface area contributed by atoms with Gasteiger partial charge in [0.25, 0.3) is 0 Å². The maximum absolute atomic E-state index is 12.9. The van der Waals surface area contributed by atoms with Crippen molar-refractivity contribution in [3.63, 3.8) is 0 Å². The number of phosphoric acid groups is 1. The molecular weight excluding hydrogens is 952 g/mol. The van der Waals surface area contributed by atoms with Gasteiger partial charge in [0.05, 0.1) is 19.8 Å². The minimum Gasteiger partial charge on any atom is -0.462 e. The zero-order valence-corrected chi connectivity index (χ0v) is 48.7. The van der Waals surface area contributed by atoms with Crippen LogP contribution >= 0.6 is 7.82 Å². The molecule has 0 aromatic rings. The summed E-state index contributed by atoms with van der Waals surface area (Å²) in [5.74, 6) is -1.47. The number of hydrogen-bond acceptors (Lipinski definition) is 10. The van der Waals surface area contributed by atoms with Crippen LogP contribution in [0.1, 0.15) is 290 Å². The van der Waals surface area contributed by atoms with Gasteiger partial charge in [-0.2, -0.15) is 0 Å². The van der Waals surface area contributed by atoms with E-state index in [9.17, 15) is 28.9 Å². The van der Waals surface area contributed by atoms with Crippen molar-refractivity contribution in [3.8, 4) is 0 Å². The van der Waals surface area contributed by atoms with E-state index in [0.717, 1.165) is 109 Å². The Morgan fingerprint density at radius 1 is 0.378 bits per heavy atom. The lowest BCUT2D eigenvalue weighted by molar-refractivity contribution is -0.161. The fraction of sp³-hybridized carbons (Fsp3) is 0.823. The van der Waals surface area contributed by atoms with Gasteiger partial charge in [-0.05, 0) is 83.5 Å². The van der Waals surface area contributed by atoms with Crippen LogP contribution in [0.2, 0.25) is 0 Å². The van der Waals surface area contributed by atoms with Crippen molar-refractivity contribution in [3.05, 3.63) is 48.6 Å². The number of hydrogen-bond donors (Lipinski definition) is 2. The fourth-order valence-corrected chi connectivity index (χ4v) is 9.32. The predicted molar refractivity (Wildman–Crippen MR) is 307 cm³/mol. The first kappa shape index (κ1) is 71.4. The first-order chi connectivity index (χ1) is 36.2. The normalized spacial score (nSPS) is 13.6. The molecule has 3 unspecified atom stereocenters. The largest absolute Gasteiger partial charge is 0.472 e. The van der Waals surface area contributed by atoms with Crippen LogP contribution in [-0.4, -0.2) is 66.5 Å². The van der Waals surface area contributed by atoms with E-state index in [-0.39, 0.29) is 25.9 Å². The summed E-state index contributed by atoms with van der Waals surface area (Å²) in [6, 6.07) is 0. The molecule has 0 aliphatic rings. The highest BCUT2D eigenvalue weighted by molar-refractivity contribution is 7.47. The molecule has 0 aliphatic heterocycles. The average Bonchev–Trinajstić information content (AvgIpc) is 3.39. The quantitative estimate of drug-likeness (QED) is 0.0197. The Bertz CT molecular complexity index is 1430. The summed E-state index contributed by atoms with van der Waals surface area (Å²) in [4.78, 5) is 48.6. The molecule has 0 heterocycles. The number of unbranched alkanes of at least 4 members (excludes halogenated alkanes) is 32. The molecule has 74 heavy (non-hydrogen) atoms. The van der Waals surface area contributed by atoms with E-state index in [4.69, 9.17) is 23.3 Å². The summed E-state index contributed by atoms with van der Waals surface area (Å²) in [6.07, 6.45) is 60.6. The molecular formula is C62H113O11P. The van der Waals surface area contributed by atoms with Gasteiger partial charge in [-0.3, -0.25) is 23.4 Å². The maximum atomic E-state index is 12.9. The van der Waals surface area contributed by atoms with Gasteiger partial charge in [0.15, 0.2) is 6.10 Å². The third kappa shape index (κ3) is 54.2. The van der Waals surface area contributed by atoms with Crippen LogP contribution in [0.15, 0.2) is 48.6 Å². The summed E-state index contributed by atoms with van der Waals surface area (Å²) in [6.45, 7) is 4.63. The molecule has 0 aliphatic carbocycles. The number of esters is 3. The molecule has 11 nitrogen and oxygen atoms in total. The minimum absolute atomic E-state index is 0.155. The molecule has 0 rings (SSSR count). The highest BCUT2D eigenvalue weighted by Gasteiger charge is 2.28. The molecule has 0 aromatic carbocycles. The molecule has 432 valence electrons. The number of aliphatic hydroxyl groups is 1. The van der Waals surface area contributed by atoms with E-state index in [0.29, 0.717) is 19.3 Å².